The predicted octanol–water partition coefficient (Wildman–Crippen LogP) is 2.36. The van der Waals surface area contributed by atoms with Crippen molar-refractivity contribution in [1.29, 1.82) is 0 Å². The summed E-state index contributed by atoms with van der Waals surface area (Å²) in [6, 6.07) is 0. The van der Waals surface area contributed by atoms with Gasteiger partial charge in [0.25, 0.3) is 0 Å². The lowest BCUT2D eigenvalue weighted by atomic mass is 9.77. The van der Waals surface area contributed by atoms with Crippen LogP contribution in [-0.2, 0) is 4.74 Å². The largest absolute Gasteiger partial charge is 0.396 e. The van der Waals surface area contributed by atoms with Crippen molar-refractivity contribution in [2.24, 2.45) is 5.41 Å². The van der Waals surface area contributed by atoms with Crippen molar-refractivity contribution in [3.63, 3.8) is 0 Å². The Morgan fingerprint density at radius 2 is 1.85 bits per heavy atom. The highest BCUT2D eigenvalue weighted by Crippen LogP contribution is 2.38. The number of aliphatic hydroxyl groups is 1. The van der Waals surface area contributed by atoms with Crippen molar-refractivity contribution >= 4 is 0 Å². The van der Waals surface area contributed by atoms with Crippen LogP contribution in [-0.4, -0.2) is 24.9 Å². The second-order valence-corrected chi connectivity index (χ2v) is 4.28. The van der Waals surface area contributed by atoms with Gasteiger partial charge in [-0.2, -0.15) is 0 Å². The molecule has 1 aliphatic heterocycles. The third kappa shape index (κ3) is 3.28. The molecule has 2 nitrogen and oxygen atoms in total. The summed E-state index contributed by atoms with van der Waals surface area (Å²) in [5, 5.41) is 8.70. The van der Waals surface area contributed by atoms with Gasteiger partial charge in [0.05, 0.1) is 13.2 Å². The normalized spacial score (nSPS) is 19.8. The molecule has 1 heterocycles. The highest BCUT2D eigenvalue weighted by atomic mass is 16.5. The van der Waals surface area contributed by atoms with Crippen LogP contribution in [0.4, 0.5) is 0 Å². The van der Waals surface area contributed by atoms with Crippen molar-refractivity contribution in [2.75, 3.05) is 19.8 Å². The molecule has 1 N–H and O–H groups in total. The van der Waals surface area contributed by atoms with Gasteiger partial charge in [0.15, 0.2) is 0 Å². The second kappa shape index (κ2) is 5.61. The van der Waals surface area contributed by atoms with Gasteiger partial charge in [-0.15, -0.1) is 0 Å². The molecule has 0 saturated carbocycles. The van der Waals surface area contributed by atoms with E-state index in [0.29, 0.717) is 12.0 Å². The maximum atomic E-state index is 8.70. The number of hydrogen-bond acceptors (Lipinski definition) is 2. The molecule has 1 saturated heterocycles. The summed E-state index contributed by atoms with van der Waals surface area (Å²) >= 11 is 0. The van der Waals surface area contributed by atoms with Crippen LogP contribution in [0.2, 0.25) is 0 Å². The van der Waals surface area contributed by atoms with Crippen molar-refractivity contribution in [3.8, 4) is 0 Å². The standard InChI is InChI=1S/C11H22O2/c1-2-3-6-11(9-13-10-11)7-4-5-8-12/h12H,2-10H2,1H3. The molecular formula is C11H22O2. The second-order valence-electron chi connectivity index (χ2n) is 4.28. The van der Waals surface area contributed by atoms with Crippen LogP contribution in [0.5, 0.6) is 0 Å². The average molecular weight is 186 g/mol. The number of ether oxygens (including phenoxy) is 1. The van der Waals surface area contributed by atoms with E-state index >= 15 is 0 Å². The molecule has 0 aromatic heterocycles. The summed E-state index contributed by atoms with van der Waals surface area (Å²) in [5.74, 6) is 0. The Kier molecular flexibility index (Phi) is 4.74. The van der Waals surface area contributed by atoms with E-state index in [1.54, 1.807) is 0 Å². The summed E-state index contributed by atoms with van der Waals surface area (Å²) in [6.45, 7) is 4.49. The van der Waals surface area contributed by atoms with Gasteiger partial charge in [-0.1, -0.05) is 26.2 Å². The molecule has 0 aromatic carbocycles. The number of rotatable bonds is 7. The van der Waals surface area contributed by atoms with Crippen LogP contribution < -0.4 is 0 Å². The van der Waals surface area contributed by atoms with Crippen molar-refractivity contribution in [1.82, 2.24) is 0 Å². The highest BCUT2D eigenvalue weighted by molar-refractivity contribution is 4.85. The number of aliphatic hydroxyl groups excluding tert-OH is 1. The quantitative estimate of drug-likeness (QED) is 0.618. The van der Waals surface area contributed by atoms with Gasteiger partial charge >= 0.3 is 0 Å². The van der Waals surface area contributed by atoms with Crippen molar-refractivity contribution in [2.45, 2.75) is 45.4 Å². The first-order chi connectivity index (χ1) is 6.33. The molecule has 1 aliphatic rings. The minimum absolute atomic E-state index is 0.338. The zero-order valence-electron chi connectivity index (χ0n) is 8.72. The third-order valence-corrected chi connectivity index (χ3v) is 2.99. The van der Waals surface area contributed by atoms with Gasteiger partial charge in [0, 0.05) is 12.0 Å². The van der Waals surface area contributed by atoms with Crippen LogP contribution in [0.15, 0.2) is 0 Å². The molecule has 13 heavy (non-hydrogen) atoms. The Balaban J connectivity index is 2.15. The highest BCUT2D eigenvalue weighted by Gasteiger charge is 2.36. The Hall–Kier alpha value is -0.0800. The zero-order chi connectivity index (χ0) is 9.57. The summed E-state index contributed by atoms with van der Waals surface area (Å²) in [7, 11) is 0. The van der Waals surface area contributed by atoms with Gasteiger partial charge in [-0.3, -0.25) is 0 Å². The van der Waals surface area contributed by atoms with Crippen molar-refractivity contribution < 1.29 is 9.84 Å². The lowest BCUT2D eigenvalue weighted by Crippen LogP contribution is -2.42. The maximum absolute atomic E-state index is 8.70. The van der Waals surface area contributed by atoms with E-state index in [0.717, 1.165) is 26.1 Å². The molecule has 0 radical (unpaired) electrons. The SMILES string of the molecule is CCCCC1(CCCCO)COC1. The summed E-state index contributed by atoms with van der Waals surface area (Å²) in [5.41, 5.74) is 0.491. The van der Waals surface area contributed by atoms with Crippen LogP contribution in [0.25, 0.3) is 0 Å². The first-order valence-electron chi connectivity index (χ1n) is 5.51. The van der Waals surface area contributed by atoms with E-state index in [-0.39, 0.29) is 0 Å². The molecule has 1 rings (SSSR count). The van der Waals surface area contributed by atoms with Crippen LogP contribution in [0, 0.1) is 5.41 Å². The minimum Gasteiger partial charge on any atom is -0.396 e. The fourth-order valence-electron chi connectivity index (χ4n) is 1.97. The molecular weight excluding hydrogens is 164 g/mol. The van der Waals surface area contributed by atoms with Gasteiger partial charge in [-0.25, -0.2) is 0 Å². The zero-order valence-corrected chi connectivity index (χ0v) is 8.72. The fraction of sp³-hybridized carbons (Fsp3) is 1.00. The molecule has 0 bridgehead atoms. The third-order valence-electron chi connectivity index (χ3n) is 2.99. The van der Waals surface area contributed by atoms with Crippen molar-refractivity contribution in [3.05, 3.63) is 0 Å². The Morgan fingerprint density at radius 3 is 2.31 bits per heavy atom. The Labute approximate surface area is 81.3 Å². The van der Waals surface area contributed by atoms with Gasteiger partial charge in [0.2, 0.25) is 0 Å². The monoisotopic (exact) mass is 186 g/mol. The Morgan fingerprint density at radius 1 is 1.15 bits per heavy atom. The number of hydrogen-bond donors (Lipinski definition) is 1. The lowest BCUT2D eigenvalue weighted by molar-refractivity contribution is -0.123. The first-order valence-corrected chi connectivity index (χ1v) is 5.51. The van der Waals surface area contributed by atoms with E-state index in [9.17, 15) is 0 Å². The maximum Gasteiger partial charge on any atom is 0.0544 e. The molecule has 0 atom stereocenters. The summed E-state index contributed by atoms with van der Waals surface area (Å²) < 4.78 is 5.30. The van der Waals surface area contributed by atoms with Gasteiger partial charge in [-0.05, 0) is 19.3 Å². The molecule has 0 spiro atoms. The molecule has 78 valence electrons. The fourth-order valence-corrected chi connectivity index (χ4v) is 1.97. The van der Waals surface area contributed by atoms with Gasteiger partial charge < -0.3 is 9.84 Å². The average Bonchev–Trinajstić information content (AvgIpc) is 2.08. The Bertz CT molecular complexity index is 130. The molecule has 0 amide bonds. The first kappa shape index (κ1) is 11.0. The van der Waals surface area contributed by atoms with E-state index in [1.807, 2.05) is 0 Å². The van der Waals surface area contributed by atoms with E-state index < -0.39 is 0 Å². The topological polar surface area (TPSA) is 29.5 Å². The molecule has 1 fully saturated rings. The van der Waals surface area contributed by atoms with Crippen LogP contribution in [0.1, 0.15) is 45.4 Å². The molecule has 0 aliphatic carbocycles. The number of unbranched alkanes of at least 4 members (excludes halogenated alkanes) is 2. The van der Waals surface area contributed by atoms with E-state index in [2.05, 4.69) is 6.92 Å². The van der Waals surface area contributed by atoms with E-state index in [4.69, 9.17) is 9.84 Å². The summed E-state index contributed by atoms with van der Waals surface area (Å²) in [6.07, 6.45) is 7.27. The van der Waals surface area contributed by atoms with E-state index in [1.165, 1.54) is 25.7 Å². The lowest BCUT2D eigenvalue weighted by Gasteiger charge is -2.42. The summed E-state index contributed by atoms with van der Waals surface area (Å²) in [4.78, 5) is 0. The molecule has 2 heteroatoms. The minimum atomic E-state index is 0.338. The van der Waals surface area contributed by atoms with Crippen LogP contribution >= 0.6 is 0 Å². The van der Waals surface area contributed by atoms with Crippen LogP contribution in [0.3, 0.4) is 0 Å². The smallest absolute Gasteiger partial charge is 0.0544 e. The molecule has 0 unspecified atom stereocenters. The molecule has 0 aromatic rings. The van der Waals surface area contributed by atoms with Gasteiger partial charge in [0.1, 0.15) is 0 Å². The predicted molar refractivity (Wildman–Crippen MR) is 53.7 cm³/mol.